The summed E-state index contributed by atoms with van der Waals surface area (Å²) in [6, 6.07) is 8.13. The Morgan fingerprint density at radius 1 is 1.29 bits per heavy atom. The Morgan fingerprint density at radius 2 is 1.90 bits per heavy atom. The number of benzene rings is 1. The third kappa shape index (κ3) is 8.89. The van der Waals surface area contributed by atoms with E-state index < -0.39 is 5.43 Å². The lowest BCUT2D eigenvalue weighted by Crippen LogP contribution is -2.13. The zero-order valence-corrected chi connectivity index (χ0v) is 14.6. The SMILES string of the molecule is CC(CCCOC(=O)Cl)Oc1ccc(SC(C)(C)C)cc1. The van der Waals surface area contributed by atoms with Crippen LogP contribution in [0.2, 0.25) is 0 Å². The van der Waals surface area contributed by atoms with Crippen LogP contribution in [-0.2, 0) is 4.74 Å². The fourth-order valence-corrected chi connectivity index (χ4v) is 2.81. The van der Waals surface area contributed by atoms with Gasteiger partial charge in [0.2, 0.25) is 0 Å². The molecule has 118 valence electrons. The van der Waals surface area contributed by atoms with E-state index in [0.29, 0.717) is 6.61 Å². The second kappa shape index (κ2) is 8.54. The molecule has 21 heavy (non-hydrogen) atoms. The average Bonchev–Trinajstić information content (AvgIpc) is 2.35. The number of ether oxygens (including phenoxy) is 2. The van der Waals surface area contributed by atoms with Gasteiger partial charge in [-0.15, -0.1) is 11.8 Å². The van der Waals surface area contributed by atoms with Crippen LogP contribution in [0.25, 0.3) is 0 Å². The molecular weight excluding hydrogens is 308 g/mol. The molecule has 1 aromatic carbocycles. The van der Waals surface area contributed by atoms with Gasteiger partial charge in [0.1, 0.15) is 5.75 Å². The number of hydrogen-bond donors (Lipinski definition) is 0. The van der Waals surface area contributed by atoms with Gasteiger partial charge in [0.25, 0.3) is 0 Å². The minimum absolute atomic E-state index is 0.0696. The summed E-state index contributed by atoms with van der Waals surface area (Å²) in [6.07, 6.45) is 1.61. The number of carbonyl (C=O) groups is 1. The quantitative estimate of drug-likeness (QED) is 0.375. The molecule has 1 rings (SSSR count). The van der Waals surface area contributed by atoms with Crippen molar-refractivity contribution >= 4 is 28.8 Å². The number of carbonyl (C=O) groups excluding carboxylic acids is 1. The molecule has 0 heterocycles. The van der Waals surface area contributed by atoms with Crippen molar-refractivity contribution < 1.29 is 14.3 Å². The highest BCUT2D eigenvalue weighted by molar-refractivity contribution is 8.00. The van der Waals surface area contributed by atoms with Crippen LogP contribution in [0.5, 0.6) is 5.75 Å². The van der Waals surface area contributed by atoms with Crippen molar-refractivity contribution in [1.82, 2.24) is 0 Å². The molecule has 0 aromatic heterocycles. The van der Waals surface area contributed by atoms with E-state index in [2.05, 4.69) is 37.6 Å². The van der Waals surface area contributed by atoms with Crippen molar-refractivity contribution in [2.45, 2.75) is 56.3 Å². The highest BCUT2D eigenvalue weighted by Crippen LogP contribution is 2.32. The van der Waals surface area contributed by atoms with Gasteiger partial charge < -0.3 is 9.47 Å². The van der Waals surface area contributed by atoms with E-state index in [0.717, 1.165) is 18.6 Å². The third-order valence-corrected chi connectivity index (χ3v) is 3.78. The molecule has 3 nitrogen and oxygen atoms in total. The largest absolute Gasteiger partial charge is 0.491 e. The van der Waals surface area contributed by atoms with Crippen molar-refractivity contribution in [3.8, 4) is 5.75 Å². The first kappa shape index (κ1) is 18.2. The highest BCUT2D eigenvalue weighted by atomic mass is 35.5. The molecule has 0 fully saturated rings. The van der Waals surface area contributed by atoms with Crippen molar-refractivity contribution in [3.05, 3.63) is 24.3 Å². The van der Waals surface area contributed by atoms with E-state index in [-0.39, 0.29) is 10.9 Å². The lowest BCUT2D eigenvalue weighted by Gasteiger charge is -2.18. The maximum atomic E-state index is 10.4. The predicted octanol–water partition coefficient (Wildman–Crippen LogP) is 5.50. The van der Waals surface area contributed by atoms with Gasteiger partial charge in [-0.3, -0.25) is 0 Å². The zero-order chi connectivity index (χ0) is 15.9. The number of halogens is 1. The summed E-state index contributed by atoms with van der Waals surface area (Å²) in [7, 11) is 0. The number of thioether (sulfide) groups is 1. The van der Waals surface area contributed by atoms with Gasteiger partial charge >= 0.3 is 5.43 Å². The molecule has 0 aliphatic heterocycles. The Hall–Kier alpha value is -0.870. The summed E-state index contributed by atoms with van der Waals surface area (Å²) >= 11 is 6.92. The first-order chi connectivity index (χ1) is 9.76. The molecule has 0 N–H and O–H groups in total. The summed E-state index contributed by atoms with van der Waals surface area (Å²) < 4.78 is 10.7. The van der Waals surface area contributed by atoms with Crippen LogP contribution in [0, 0.1) is 0 Å². The molecule has 0 saturated carbocycles. The van der Waals surface area contributed by atoms with Gasteiger partial charge in [-0.2, -0.15) is 0 Å². The Bertz CT molecular complexity index is 440. The molecule has 0 saturated heterocycles. The first-order valence-corrected chi connectivity index (χ1v) is 8.24. The molecule has 1 aromatic rings. The summed E-state index contributed by atoms with van der Waals surface area (Å²) in [4.78, 5) is 11.7. The maximum Gasteiger partial charge on any atom is 0.403 e. The van der Waals surface area contributed by atoms with E-state index in [1.54, 1.807) is 0 Å². The molecule has 5 heteroatoms. The summed E-state index contributed by atoms with van der Waals surface area (Å²) in [5.74, 6) is 0.857. The fourth-order valence-electron chi connectivity index (χ4n) is 1.75. The predicted molar refractivity (Wildman–Crippen MR) is 88.6 cm³/mol. The van der Waals surface area contributed by atoms with E-state index >= 15 is 0 Å². The van der Waals surface area contributed by atoms with E-state index in [1.807, 2.05) is 30.8 Å². The lowest BCUT2D eigenvalue weighted by molar-refractivity contribution is 0.156. The topological polar surface area (TPSA) is 35.5 Å². The molecule has 0 amide bonds. The molecule has 1 unspecified atom stereocenters. The van der Waals surface area contributed by atoms with Crippen molar-refractivity contribution in [1.29, 1.82) is 0 Å². The van der Waals surface area contributed by atoms with Crippen LogP contribution >= 0.6 is 23.4 Å². The second-order valence-electron chi connectivity index (χ2n) is 5.84. The first-order valence-electron chi connectivity index (χ1n) is 7.04. The van der Waals surface area contributed by atoms with Crippen LogP contribution < -0.4 is 4.74 Å². The van der Waals surface area contributed by atoms with Gasteiger partial charge in [-0.25, -0.2) is 4.79 Å². The standard InChI is InChI=1S/C16H23ClO3S/c1-12(6-5-11-19-15(17)18)20-13-7-9-14(10-8-13)21-16(2,3)4/h7-10,12H,5-6,11H2,1-4H3. The minimum atomic E-state index is -0.754. The van der Waals surface area contributed by atoms with Crippen LogP contribution in [-0.4, -0.2) is 22.9 Å². The smallest absolute Gasteiger partial charge is 0.403 e. The molecule has 0 radical (unpaired) electrons. The van der Waals surface area contributed by atoms with E-state index in [9.17, 15) is 4.79 Å². The molecule has 0 aliphatic rings. The van der Waals surface area contributed by atoms with Crippen molar-refractivity contribution in [2.75, 3.05) is 6.61 Å². The highest BCUT2D eigenvalue weighted by Gasteiger charge is 2.12. The number of rotatable bonds is 7. The molecule has 1 atom stereocenters. The van der Waals surface area contributed by atoms with Gasteiger partial charge in [0.05, 0.1) is 12.7 Å². The Morgan fingerprint density at radius 3 is 2.43 bits per heavy atom. The molecular formula is C16H23ClO3S. The maximum absolute atomic E-state index is 10.4. The molecule has 0 spiro atoms. The summed E-state index contributed by atoms with van der Waals surface area (Å²) in [5, 5.41) is 0. The van der Waals surface area contributed by atoms with Gasteiger partial charge in [0.15, 0.2) is 0 Å². The molecule has 0 bridgehead atoms. The summed E-state index contributed by atoms with van der Waals surface area (Å²) in [5.41, 5.74) is -0.754. The summed E-state index contributed by atoms with van der Waals surface area (Å²) in [6.45, 7) is 8.91. The Balaban J connectivity index is 2.35. The van der Waals surface area contributed by atoms with Crippen molar-refractivity contribution in [2.24, 2.45) is 0 Å². The zero-order valence-electron chi connectivity index (χ0n) is 13.0. The monoisotopic (exact) mass is 330 g/mol. The van der Waals surface area contributed by atoms with Crippen LogP contribution in [0.1, 0.15) is 40.5 Å². The van der Waals surface area contributed by atoms with Gasteiger partial charge in [0, 0.05) is 21.2 Å². The lowest BCUT2D eigenvalue weighted by atomic mass is 10.2. The van der Waals surface area contributed by atoms with E-state index in [4.69, 9.17) is 16.3 Å². The van der Waals surface area contributed by atoms with Crippen LogP contribution in [0.15, 0.2) is 29.2 Å². The fraction of sp³-hybridized carbons (Fsp3) is 0.562. The van der Waals surface area contributed by atoms with Gasteiger partial charge in [-0.05, 0) is 44.0 Å². The molecule has 0 aliphatic carbocycles. The van der Waals surface area contributed by atoms with Crippen LogP contribution in [0.3, 0.4) is 0 Å². The Labute approximate surface area is 136 Å². The average molecular weight is 331 g/mol. The van der Waals surface area contributed by atoms with E-state index in [1.165, 1.54) is 4.90 Å². The normalized spacial score (nSPS) is 12.8. The van der Waals surface area contributed by atoms with Crippen LogP contribution in [0.4, 0.5) is 4.79 Å². The van der Waals surface area contributed by atoms with Crippen molar-refractivity contribution in [3.63, 3.8) is 0 Å². The number of hydrogen-bond acceptors (Lipinski definition) is 4. The second-order valence-corrected chi connectivity index (χ2v) is 8.05. The van der Waals surface area contributed by atoms with Gasteiger partial charge in [-0.1, -0.05) is 20.8 Å². The Kier molecular flexibility index (Phi) is 7.40. The third-order valence-electron chi connectivity index (χ3n) is 2.56. The minimum Gasteiger partial charge on any atom is -0.491 e.